The summed E-state index contributed by atoms with van der Waals surface area (Å²) in [6.45, 7) is 2.64. The Morgan fingerprint density at radius 2 is 2.24 bits per heavy atom. The molecule has 0 aromatic carbocycles. The van der Waals surface area contributed by atoms with E-state index in [0.717, 1.165) is 25.7 Å². The third-order valence-corrected chi connectivity index (χ3v) is 3.19. The second-order valence-corrected chi connectivity index (χ2v) is 4.34. The number of aromatic nitrogens is 2. The van der Waals surface area contributed by atoms with Crippen LogP contribution >= 0.6 is 0 Å². The van der Waals surface area contributed by atoms with E-state index in [1.165, 1.54) is 0 Å². The summed E-state index contributed by atoms with van der Waals surface area (Å²) in [6.07, 6.45) is 3.11. The fourth-order valence-electron chi connectivity index (χ4n) is 2.31. The molecule has 1 aliphatic carbocycles. The van der Waals surface area contributed by atoms with E-state index >= 15 is 0 Å². The number of nitrogens with two attached hydrogens (primary N) is 1. The molecule has 0 amide bonds. The summed E-state index contributed by atoms with van der Waals surface area (Å²) in [4.78, 5) is 4.22. The van der Waals surface area contributed by atoms with E-state index in [-0.39, 0.29) is 12.4 Å². The van der Waals surface area contributed by atoms with Crippen molar-refractivity contribution in [3.63, 3.8) is 0 Å². The molecule has 2 rings (SSSR count). The summed E-state index contributed by atoms with van der Waals surface area (Å²) in [7, 11) is 0. The van der Waals surface area contributed by atoms with Gasteiger partial charge in [-0.05, 0) is 32.6 Å². The minimum atomic E-state index is -0.892. The highest BCUT2D eigenvalue weighted by Gasteiger charge is 2.41. The molecule has 0 radical (unpaired) electrons. The lowest BCUT2D eigenvalue weighted by molar-refractivity contribution is -0.0469. The molecule has 0 spiro atoms. The third-order valence-electron chi connectivity index (χ3n) is 3.19. The Balaban J connectivity index is 2.22. The number of aliphatic hydroxyl groups excluding tert-OH is 1. The van der Waals surface area contributed by atoms with Crippen LogP contribution in [0.2, 0.25) is 0 Å². The summed E-state index contributed by atoms with van der Waals surface area (Å²) in [5.74, 6) is 0.716. The first-order chi connectivity index (χ1) is 8.22. The van der Waals surface area contributed by atoms with Gasteiger partial charge in [0.15, 0.2) is 0 Å². The van der Waals surface area contributed by atoms with Crippen molar-refractivity contribution in [2.24, 2.45) is 5.73 Å². The Kier molecular flexibility index (Phi) is 3.76. The Labute approximate surface area is 100 Å². The average molecular weight is 241 g/mol. The fourth-order valence-corrected chi connectivity index (χ4v) is 2.31. The van der Waals surface area contributed by atoms with Gasteiger partial charge in [-0.15, -0.1) is 0 Å². The van der Waals surface area contributed by atoms with Gasteiger partial charge in [-0.1, -0.05) is 5.16 Å². The van der Waals surface area contributed by atoms with Crippen molar-refractivity contribution in [2.45, 2.75) is 44.3 Å². The van der Waals surface area contributed by atoms with E-state index in [2.05, 4.69) is 10.1 Å². The lowest BCUT2D eigenvalue weighted by Crippen LogP contribution is -2.27. The van der Waals surface area contributed by atoms with E-state index < -0.39 is 11.7 Å². The third kappa shape index (κ3) is 2.34. The van der Waals surface area contributed by atoms with Crippen LogP contribution in [0.3, 0.4) is 0 Å². The Hall–Kier alpha value is -0.980. The lowest BCUT2D eigenvalue weighted by Gasteiger charge is -2.24. The molecule has 1 saturated carbocycles. The van der Waals surface area contributed by atoms with Gasteiger partial charge in [0.25, 0.3) is 5.89 Å². The van der Waals surface area contributed by atoms with Crippen LogP contribution in [0.4, 0.5) is 0 Å². The first kappa shape index (κ1) is 12.5. The molecule has 1 aliphatic rings. The van der Waals surface area contributed by atoms with Gasteiger partial charge in [-0.25, -0.2) is 0 Å². The molecule has 17 heavy (non-hydrogen) atoms. The number of nitrogens with zero attached hydrogens (tertiary/aromatic N) is 2. The first-order valence-electron chi connectivity index (χ1n) is 6.08. The maximum atomic E-state index is 9.54. The SMILES string of the molecule is CCOC1(c2noc(C(O)CN)n2)CCCC1. The smallest absolute Gasteiger partial charge is 0.256 e. The van der Waals surface area contributed by atoms with Gasteiger partial charge in [0, 0.05) is 13.2 Å². The van der Waals surface area contributed by atoms with Crippen LogP contribution in [0.1, 0.15) is 50.4 Å². The van der Waals surface area contributed by atoms with Crippen molar-refractivity contribution in [3.8, 4) is 0 Å². The highest BCUT2D eigenvalue weighted by molar-refractivity contribution is 5.05. The zero-order chi connectivity index (χ0) is 12.3. The molecule has 1 heterocycles. The van der Waals surface area contributed by atoms with Crippen LogP contribution in [0.15, 0.2) is 4.52 Å². The van der Waals surface area contributed by atoms with Gasteiger partial charge in [0.1, 0.15) is 11.7 Å². The number of ether oxygens (including phenoxy) is 1. The number of aliphatic hydroxyl groups is 1. The van der Waals surface area contributed by atoms with Crippen molar-refractivity contribution >= 4 is 0 Å². The second kappa shape index (κ2) is 5.12. The summed E-state index contributed by atoms with van der Waals surface area (Å²) in [5.41, 5.74) is 4.92. The summed E-state index contributed by atoms with van der Waals surface area (Å²) in [5, 5.41) is 13.5. The number of rotatable bonds is 5. The minimum absolute atomic E-state index is 0.0727. The van der Waals surface area contributed by atoms with Gasteiger partial charge < -0.3 is 20.1 Å². The van der Waals surface area contributed by atoms with E-state index in [9.17, 15) is 5.11 Å². The zero-order valence-electron chi connectivity index (χ0n) is 10.1. The maximum Gasteiger partial charge on any atom is 0.256 e. The highest BCUT2D eigenvalue weighted by Crippen LogP contribution is 2.40. The molecule has 3 N–H and O–H groups in total. The molecule has 1 atom stereocenters. The molecular weight excluding hydrogens is 222 g/mol. The standard InChI is InChI=1S/C11H19N3O3/c1-2-16-11(5-3-4-6-11)10-13-9(17-14-10)8(15)7-12/h8,15H,2-7,12H2,1H3. The molecular formula is C11H19N3O3. The monoisotopic (exact) mass is 241 g/mol. The van der Waals surface area contributed by atoms with Crippen molar-refractivity contribution in [1.82, 2.24) is 10.1 Å². The van der Waals surface area contributed by atoms with Gasteiger partial charge in [-0.3, -0.25) is 0 Å². The summed E-state index contributed by atoms with van der Waals surface area (Å²) in [6, 6.07) is 0. The topological polar surface area (TPSA) is 94.4 Å². The zero-order valence-corrected chi connectivity index (χ0v) is 10.1. The molecule has 6 heteroatoms. The van der Waals surface area contributed by atoms with E-state index in [1.54, 1.807) is 0 Å². The van der Waals surface area contributed by atoms with Crippen LogP contribution in [0, 0.1) is 0 Å². The van der Waals surface area contributed by atoms with Crippen molar-refractivity contribution in [1.29, 1.82) is 0 Å². The molecule has 96 valence electrons. The average Bonchev–Trinajstić information content (AvgIpc) is 2.97. The van der Waals surface area contributed by atoms with Crippen LogP contribution in [0.25, 0.3) is 0 Å². The van der Waals surface area contributed by atoms with E-state index in [1.807, 2.05) is 6.92 Å². The molecule has 1 aromatic heterocycles. The van der Waals surface area contributed by atoms with Crippen LogP contribution < -0.4 is 5.73 Å². The molecule has 1 aromatic rings. The Morgan fingerprint density at radius 3 is 2.82 bits per heavy atom. The van der Waals surface area contributed by atoms with E-state index in [0.29, 0.717) is 12.4 Å². The Morgan fingerprint density at radius 1 is 1.53 bits per heavy atom. The summed E-state index contributed by atoms with van der Waals surface area (Å²) < 4.78 is 10.8. The van der Waals surface area contributed by atoms with E-state index in [4.69, 9.17) is 15.0 Å². The van der Waals surface area contributed by atoms with Crippen molar-refractivity contribution < 1.29 is 14.4 Å². The molecule has 0 bridgehead atoms. The van der Waals surface area contributed by atoms with Gasteiger partial charge in [-0.2, -0.15) is 4.98 Å². The highest BCUT2D eigenvalue weighted by atomic mass is 16.5. The number of hydrogen-bond donors (Lipinski definition) is 2. The predicted molar refractivity (Wildman–Crippen MR) is 60.1 cm³/mol. The second-order valence-electron chi connectivity index (χ2n) is 4.34. The van der Waals surface area contributed by atoms with Gasteiger partial charge in [0.2, 0.25) is 5.82 Å². The normalized spacial score (nSPS) is 20.6. The van der Waals surface area contributed by atoms with Crippen molar-refractivity contribution in [3.05, 3.63) is 11.7 Å². The lowest BCUT2D eigenvalue weighted by atomic mass is 10.0. The largest absolute Gasteiger partial charge is 0.382 e. The Bertz CT molecular complexity index is 361. The molecule has 0 saturated heterocycles. The molecule has 1 fully saturated rings. The number of hydrogen-bond acceptors (Lipinski definition) is 6. The van der Waals surface area contributed by atoms with Gasteiger partial charge in [0.05, 0.1) is 0 Å². The van der Waals surface area contributed by atoms with Crippen LogP contribution in [0.5, 0.6) is 0 Å². The summed E-state index contributed by atoms with van der Waals surface area (Å²) >= 11 is 0. The first-order valence-corrected chi connectivity index (χ1v) is 6.08. The fraction of sp³-hybridized carbons (Fsp3) is 0.818. The quantitative estimate of drug-likeness (QED) is 0.794. The molecule has 6 nitrogen and oxygen atoms in total. The van der Waals surface area contributed by atoms with Gasteiger partial charge >= 0.3 is 0 Å². The minimum Gasteiger partial charge on any atom is -0.382 e. The molecule has 0 aliphatic heterocycles. The van der Waals surface area contributed by atoms with Crippen molar-refractivity contribution in [2.75, 3.05) is 13.2 Å². The van der Waals surface area contributed by atoms with Crippen LogP contribution in [-0.4, -0.2) is 28.4 Å². The molecule has 1 unspecified atom stereocenters. The maximum absolute atomic E-state index is 9.54. The predicted octanol–water partition coefficient (Wildman–Crippen LogP) is 0.867. The van der Waals surface area contributed by atoms with Crippen LogP contribution in [-0.2, 0) is 10.3 Å².